The second-order valence-corrected chi connectivity index (χ2v) is 8.09. The molecule has 2 amide bonds. The molecule has 162 valence electrons. The van der Waals surface area contributed by atoms with E-state index >= 15 is 0 Å². The molecule has 0 fully saturated rings. The van der Waals surface area contributed by atoms with E-state index in [4.69, 9.17) is 0 Å². The van der Waals surface area contributed by atoms with Crippen LogP contribution in [0.25, 0.3) is 0 Å². The Morgan fingerprint density at radius 2 is 1.65 bits per heavy atom. The van der Waals surface area contributed by atoms with Gasteiger partial charge in [0.05, 0.1) is 5.75 Å². The summed E-state index contributed by atoms with van der Waals surface area (Å²) in [6.45, 7) is 4.02. The Kier molecular flexibility index (Phi) is 7.41. The Hall–Kier alpha value is -3.20. The third kappa shape index (κ3) is 6.39. The highest BCUT2D eigenvalue weighted by Gasteiger charge is 2.13. The molecule has 1 heterocycles. The second-order valence-electron chi connectivity index (χ2n) is 7.15. The number of aryl methyl sites for hydroxylation is 3. The standard InChI is InChI=1S/C22H24FN5O2S/c1-14-4-7-18(12-15(14)2)25-21(30)13-31-22-27-26-19(28(22)3)10-11-20(29)24-17-8-5-16(23)6-9-17/h4-9,12H,10-11,13H2,1-3H3,(H,24,29)(H,25,30). The lowest BCUT2D eigenvalue weighted by molar-refractivity contribution is -0.116. The quantitative estimate of drug-likeness (QED) is 0.518. The monoisotopic (exact) mass is 441 g/mol. The number of benzene rings is 2. The zero-order valence-electron chi connectivity index (χ0n) is 17.6. The summed E-state index contributed by atoms with van der Waals surface area (Å²) < 4.78 is 14.7. The molecule has 2 aromatic carbocycles. The van der Waals surface area contributed by atoms with Crippen molar-refractivity contribution < 1.29 is 14.0 Å². The summed E-state index contributed by atoms with van der Waals surface area (Å²) in [6, 6.07) is 11.4. The van der Waals surface area contributed by atoms with Gasteiger partial charge in [-0.05, 0) is 61.4 Å². The smallest absolute Gasteiger partial charge is 0.234 e. The van der Waals surface area contributed by atoms with Crippen molar-refractivity contribution in [3.8, 4) is 0 Å². The molecule has 1 aromatic heterocycles. The van der Waals surface area contributed by atoms with E-state index in [0.717, 1.165) is 11.3 Å². The van der Waals surface area contributed by atoms with Gasteiger partial charge in [0.25, 0.3) is 0 Å². The molecule has 9 heteroatoms. The van der Waals surface area contributed by atoms with Gasteiger partial charge < -0.3 is 15.2 Å². The lowest BCUT2D eigenvalue weighted by Crippen LogP contribution is -2.15. The van der Waals surface area contributed by atoms with E-state index in [-0.39, 0.29) is 29.8 Å². The van der Waals surface area contributed by atoms with Gasteiger partial charge in [0.15, 0.2) is 5.16 Å². The molecule has 3 aromatic rings. The summed E-state index contributed by atoms with van der Waals surface area (Å²) in [6.07, 6.45) is 0.604. The van der Waals surface area contributed by atoms with Crippen LogP contribution in [0.4, 0.5) is 15.8 Å². The molecular weight excluding hydrogens is 417 g/mol. The highest BCUT2D eigenvalue weighted by Crippen LogP contribution is 2.18. The van der Waals surface area contributed by atoms with Gasteiger partial charge >= 0.3 is 0 Å². The molecule has 0 atom stereocenters. The highest BCUT2D eigenvalue weighted by molar-refractivity contribution is 7.99. The molecule has 0 unspecified atom stereocenters. The zero-order chi connectivity index (χ0) is 22.4. The number of thioether (sulfide) groups is 1. The molecule has 3 rings (SSSR count). The number of carbonyl (C=O) groups excluding carboxylic acids is 2. The van der Waals surface area contributed by atoms with E-state index in [9.17, 15) is 14.0 Å². The third-order valence-electron chi connectivity index (χ3n) is 4.75. The molecule has 0 spiro atoms. The van der Waals surface area contributed by atoms with Crippen LogP contribution in [0.2, 0.25) is 0 Å². The van der Waals surface area contributed by atoms with E-state index in [1.807, 2.05) is 32.0 Å². The topological polar surface area (TPSA) is 88.9 Å². The van der Waals surface area contributed by atoms with Gasteiger partial charge in [-0.3, -0.25) is 9.59 Å². The maximum atomic E-state index is 12.9. The van der Waals surface area contributed by atoms with Gasteiger partial charge in [-0.25, -0.2) is 4.39 Å². The minimum atomic E-state index is -0.357. The van der Waals surface area contributed by atoms with Gasteiger partial charge in [-0.2, -0.15) is 0 Å². The van der Waals surface area contributed by atoms with Crippen molar-refractivity contribution in [1.29, 1.82) is 0 Å². The first-order chi connectivity index (χ1) is 14.8. The number of rotatable bonds is 8. The van der Waals surface area contributed by atoms with Crippen LogP contribution >= 0.6 is 11.8 Å². The highest BCUT2D eigenvalue weighted by atomic mass is 32.2. The normalized spacial score (nSPS) is 10.7. The average Bonchev–Trinajstić information content (AvgIpc) is 3.09. The van der Waals surface area contributed by atoms with Crippen LogP contribution in [0.5, 0.6) is 0 Å². The molecule has 0 radical (unpaired) electrons. The van der Waals surface area contributed by atoms with Crippen molar-refractivity contribution in [2.24, 2.45) is 7.05 Å². The van der Waals surface area contributed by atoms with Gasteiger partial charge in [-0.15, -0.1) is 10.2 Å². The molecule has 2 N–H and O–H groups in total. The minimum Gasteiger partial charge on any atom is -0.326 e. The number of nitrogens with zero attached hydrogens (tertiary/aromatic N) is 3. The number of hydrogen-bond acceptors (Lipinski definition) is 5. The molecule has 0 aliphatic heterocycles. The van der Waals surface area contributed by atoms with Gasteiger partial charge in [0.2, 0.25) is 11.8 Å². The average molecular weight is 442 g/mol. The van der Waals surface area contributed by atoms with Gasteiger partial charge in [0, 0.05) is 31.3 Å². The molecular formula is C22H24FN5O2S. The maximum Gasteiger partial charge on any atom is 0.234 e. The van der Waals surface area contributed by atoms with Crippen LogP contribution in [0.15, 0.2) is 47.6 Å². The fraction of sp³-hybridized carbons (Fsp3) is 0.273. The number of halogens is 1. The van der Waals surface area contributed by atoms with Gasteiger partial charge in [0.1, 0.15) is 11.6 Å². The number of anilines is 2. The van der Waals surface area contributed by atoms with Gasteiger partial charge in [-0.1, -0.05) is 17.8 Å². The fourth-order valence-electron chi connectivity index (χ4n) is 2.82. The Labute approximate surface area is 184 Å². The summed E-state index contributed by atoms with van der Waals surface area (Å²) in [4.78, 5) is 24.3. The molecule has 0 saturated carbocycles. The summed E-state index contributed by atoms with van der Waals surface area (Å²) in [5.41, 5.74) is 3.59. The van der Waals surface area contributed by atoms with Crippen molar-refractivity contribution in [3.63, 3.8) is 0 Å². The lowest BCUT2D eigenvalue weighted by atomic mass is 10.1. The Bertz CT molecular complexity index is 1080. The summed E-state index contributed by atoms with van der Waals surface area (Å²) in [5, 5.41) is 14.4. The Morgan fingerprint density at radius 3 is 2.35 bits per heavy atom. The molecule has 31 heavy (non-hydrogen) atoms. The first-order valence-corrected chi connectivity index (χ1v) is 10.7. The second kappa shape index (κ2) is 10.2. The molecule has 0 saturated heterocycles. The van der Waals surface area contributed by atoms with Crippen molar-refractivity contribution in [1.82, 2.24) is 14.8 Å². The van der Waals surface area contributed by atoms with E-state index < -0.39 is 0 Å². The van der Waals surface area contributed by atoms with Crippen LogP contribution in [0.3, 0.4) is 0 Å². The maximum absolute atomic E-state index is 12.9. The van der Waals surface area contributed by atoms with Crippen LogP contribution in [0, 0.1) is 19.7 Å². The van der Waals surface area contributed by atoms with Crippen molar-refractivity contribution in [3.05, 3.63) is 65.2 Å². The molecule has 0 aliphatic carbocycles. The number of aromatic nitrogens is 3. The third-order valence-corrected chi connectivity index (χ3v) is 5.77. The van der Waals surface area contributed by atoms with Crippen LogP contribution in [-0.4, -0.2) is 32.3 Å². The van der Waals surface area contributed by atoms with Crippen LogP contribution < -0.4 is 10.6 Å². The summed E-state index contributed by atoms with van der Waals surface area (Å²) in [7, 11) is 1.80. The first-order valence-electron chi connectivity index (χ1n) is 9.75. The van der Waals surface area contributed by atoms with E-state index in [1.165, 1.54) is 41.6 Å². The van der Waals surface area contributed by atoms with E-state index in [0.29, 0.717) is 23.1 Å². The van der Waals surface area contributed by atoms with Crippen LogP contribution in [0.1, 0.15) is 23.4 Å². The predicted octanol–water partition coefficient (Wildman–Crippen LogP) is 3.87. The van der Waals surface area contributed by atoms with E-state index in [1.54, 1.807) is 11.6 Å². The Morgan fingerprint density at radius 1 is 0.968 bits per heavy atom. The number of carbonyl (C=O) groups is 2. The SMILES string of the molecule is Cc1ccc(NC(=O)CSc2nnc(CCC(=O)Nc3ccc(F)cc3)n2C)cc1C. The number of nitrogens with one attached hydrogen (secondary N) is 2. The first kappa shape index (κ1) is 22.5. The largest absolute Gasteiger partial charge is 0.326 e. The fourth-order valence-corrected chi connectivity index (χ4v) is 3.55. The Balaban J connectivity index is 1.47. The van der Waals surface area contributed by atoms with Crippen LogP contribution in [-0.2, 0) is 23.1 Å². The zero-order valence-corrected chi connectivity index (χ0v) is 18.4. The van der Waals surface area contributed by atoms with E-state index in [2.05, 4.69) is 20.8 Å². The summed E-state index contributed by atoms with van der Waals surface area (Å²) >= 11 is 1.28. The predicted molar refractivity (Wildman–Crippen MR) is 120 cm³/mol. The number of amides is 2. The molecule has 7 nitrogen and oxygen atoms in total. The molecule has 0 bridgehead atoms. The van der Waals surface area contributed by atoms with Crippen molar-refractivity contribution in [2.75, 3.05) is 16.4 Å². The summed E-state index contributed by atoms with van der Waals surface area (Å²) in [5.74, 6) is 0.161. The number of hydrogen-bond donors (Lipinski definition) is 2. The minimum absolute atomic E-state index is 0.128. The van der Waals surface area contributed by atoms with Crippen molar-refractivity contribution in [2.45, 2.75) is 31.8 Å². The van der Waals surface area contributed by atoms with Crippen molar-refractivity contribution >= 4 is 35.0 Å². The molecule has 0 aliphatic rings. The lowest BCUT2D eigenvalue weighted by Gasteiger charge is -2.08.